The largest absolute Gasteiger partial charge is 0.489 e. The molecule has 2 heteroatoms. The van der Waals surface area contributed by atoms with Gasteiger partial charge in [-0.05, 0) is 30.5 Å². The highest BCUT2D eigenvalue weighted by molar-refractivity contribution is 5.54. The number of hydrogen-bond donors (Lipinski definition) is 1. The van der Waals surface area contributed by atoms with Crippen LogP contribution in [0, 0.1) is 13.8 Å². The highest BCUT2D eigenvalue weighted by Gasteiger charge is 2.03. The van der Waals surface area contributed by atoms with Gasteiger partial charge in [0.15, 0.2) is 0 Å². The molecule has 2 N–H and O–H groups in total. The van der Waals surface area contributed by atoms with E-state index < -0.39 is 0 Å². The van der Waals surface area contributed by atoms with Gasteiger partial charge in [-0.2, -0.15) is 0 Å². The fourth-order valence-electron chi connectivity index (χ4n) is 1.74. The first-order valence-corrected chi connectivity index (χ1v) is 5.70. The Morgan fingerprint density at radius 2 is 1.71 bits per heavy atom. The van der Waals surface area contributed by atoms with Gasteiger partial charge in [-0.15, -0.1) is 0 Å². The van der Waals surface area contributed by atoms with E-state index in [1.54, 1.807) is 0 Å². The van der Waals surface area contributed by atoms with Crippen LogP contribution in [0.4, 0.5) is 5.69 Å². The predicted octanol–water partition coefficient (Wildman–Crippen LogP) is 3.46. The average Bonchev–Trinajstić information content (AvgIpc) is 2.33. The maximum atomic E-state index is 5.88. The van der Waals surface area contributed by atoms with Gasteiger partial charge in [0.2, 0.25) is 0 Å². The van der Waals surface area contributed by atoms with Gasteiger partial charge in [-0.3, -0.25) is 0 Å². The van der Waals surface area contributed by atoms with Crippen molar-refractivity contribution in [1.29, 1.82) is 0 Å². The molecule has 0 radical (unpaired) electrons. The van der Waals surface area contributed by atoms with E-state index in [9.17, 15) is 0 Å². The van der Waals surface area contributed by atoms with Crippen LogP contribution < -0.4 is 10.5 Å². The molecule has 2 aromatic rings. The number of aryl methyl sites for hydroxylation is 2. The van der Waals surface area contributed by atoms with Gasteiger partial charge < -0.3 is 10.5 Å². The minimum atomic E-state index is 0.574. The van der Waals surface area contributed by atoms with Crippen molar-refractivity contribution in [2.75, 3.05) is 5.73 Å². The SMILES string of the molecule is Cc1cc(C)c(OCc2ccccc2)cc1N. The van der Waals surface area contributed by atoms with E-state index in [4.69, 9.17) is 10.5 Å². The van der Waals surface area contributed by atoms with Crippen LogP contribution in [-0.2, 0) is 6.61 Å². The third-order valence-corrected chi connectivity index (χ3v) is 2.80. The highest BCUT2D eigenvalue weighted by atomic mass is 16.5. The Labute approximate surface area is 102 Å². The fraction of sp³-hybridized carbons (Fsp3) is 0.200. The van der Waals surface area contributed by atoms with Gasteiger partial charge >= 0.3 is 0 Å². The van der Waals surface area contributed by atoms with Crippen molar-refractivity contribution >= 4 is 5.69 Å². The van der Waals surface area contributed by atoms with E-state index in [2.05, 4.69) is 6.07 Å². The van der Waals surface area contributed by atoms with Crippen molar-refractivity contribution in [1.82, 2.24) is 0 Å². The highest BCUT2D eigenvalue weighted by Crippen LogP contribution is 2.25. The minimum Gasteiger partial charge on any atom is -0.489 e. The molecule has 0 aromatic heterocycles. The summed E-state index contributed by atoms with van der Waals surface area (Å²) in [4.78, 5) is 0. The second-order valence-electron chi connectivity index (χ2n) is 4.25. The Bertz CT molecular complexity index is 506. The van der Waals surface area contributed by atoms with Crippen molar-refractivity contribution in [3.05, 3.63) is 59.2 Å². The summed E-state index contributed by atoms with van der Waals surface area (Å²) in [6.45, 7) is 4.61. The average molecular weight is 227 g/mol. The zero-order valence-corrected chi connectivity index (χ0v) is 10.2. The molecule has 2 aromatic carbocycles. The first-order chi connectivity index (χ1) is 8.16. The zero-order chi connectivity index (χ0) is 12.3. The Hall–Kier alpha value is -1.96. The summed E-state index contributed by atoms with van der Waals surface area (Å²) >= 11 is 0. The lowest BCUT2D eigenvalue weighted by atomic mass is 10.1. The van der Waals surface area contributed by atoms with Crippen molar-refractivity contribution in [2.24, 2.45) is 0 Å². The van der Waals surface area contributed by atoms with E-state index in [0.717, 1.165) is 28.1 Å². The number of benzene rings is 2. The molecule has 0 saturated carbocycles. The smallest absolute Gasteiger partial charge is 0.124 e. The maximum Gasteiger partial charge on any atom is 0.124 e. The minimum absolute atomic E-state index is 0.574. The van der Waals surface area contributed by atoms with E-state index in [0.29, 0.717) is 6.61 Å². The number of ether oxygens (including phenoxy) is 1. The number of rotatable bonds is 3. The second-order valence-corrected chi connectivity index (χ2v) is 4.25. The van der Waals surface area contributed by atoms with Crippen LogP contribution in [0.15, 0.2) is 42.5 Å². The second kappa shape index (κ2) is 4.91. The van der Waals surface area contributed by atoms with Crippen LogP contribution in [0.25, 0.3) is 0 Å². The lowest BCUT2D eigenvalue weighted by Crippen LogP contribution is -1.99. The van der Waals surface area contributed by atoms with Gasteiger partial charge in [0, 0.05) is 11.8 Å². The molecule has 0 saturated heterocycles. The molecule has 0 heterocycles. The molecular formula is C15H17NO. The summed E-state index contributed by atoms with van der Waals surface area (Å²) in [6, 6.07) is 14.1. The van der Waals surface area contributed by atoms with E-state index in [-0.39, 0.29) is 0 Å². The number of hydrogen-bond acceptors (Lipinski definition) is 2. The lowest BCUT2D eigenvalue weighted by molar-refractivity contribution is 0.304. The van der Waals surface area contributed by atoms with Gasteiger partial charge in [-0.1, -0.05) is 36.4 Å². The number of nitrogen functional groups attached to an aromatic ring is 1. The van der Waals surface area contributed by atoms with Crippen LogP contribution in [0.3, 0.4) is 0 Å². The molecule has 0 aliphatic heterocycles. The maximum absolute atomic E-state index is 5.88. The molecule has 0 aliphatic carbocycles. The van der Waals surface area contributed by atoms with Gasteiger partial charge in [0.25, 0.3) is 0 Å². The standard InChI is InChI=1S/C15H17NO/c1-11-8-12(2)15(9-14(11)16)17-10-13-6-4-3-5-7-13/h3-9H,10,16H2,1-2H3. The van der Waals surface area contributed by atoms with Crippen LogP contribution in [0.1, 0.15) is 16.7 Å². The molecule has 17 heavy (non-hydrogen) atoms. The van der Waals surface area contributed by atoms with Gasteiger partial charge in [0.05, 0.1) is 0 Å². The molecule has 0 unspecified atom stereocenters. The molecule has 2 nitrogen and oxygen atoms in total. The Balaban J connectivity index is 2.12. The lowest BCUT2D eigenvalue weighted by Gasteiger charge is -2.11. The first-order valence-electron chi connectivity index (χ1n) is 5.70. The third-order valence-electron chi connectivity index (χ3n) is 2.80. The quantitative estimate of drug-likeness (QED) is 0.815. The Kier molecular flexibility index (Phi) is 3.33. The Morgan fingerprint density at radius 1 is 1.00 bits per heavy atom. The summed E-state index contributed by atoms with van der Waals surface area (Å²) < 4.78 is 5.78. The van der Waals surface area contributed by atoms with Crippen molar-refractivity contribution in [2.45, 2.75) is 20.5 Å². The number of anilines is 1. The molecule has 0 aliphatic rings. The molecule has 0 bridgehead atoms. The zero-order valence-electron chi connectivity index (χ0n) is 10.2. The van der Waals surface area contributed by atoms with E-state index in [1.807, 2.05) is 50.2 Å². The molecule has 0 fully saturated rings. The Morgan fingerprint density at radius 3 is 2.41 bits per heavy atom. The summed E-state index contributed by atoms with van der Waals surface area (Å²) in [5, 5.41) is 0. The topological polar surface area (TPSA) is 35.2 Å². The monoisotopic (exact) mass is 227 g/mol. The van der Waals surface area contributed by atoms with Crippen LogP contribution in [0.5, 0.6) is 5.75 Å². The summed E-state index contributed by atoms with van der Waals surface area (Å²) in [5.74, 6) is 0.858. The molecule has 0 spiro atoms. The number of nitrogens with two attached hydrogens (primary N) is 1. The first kappa shape index (κ1) is 11.5. The van der Waals surface area contributed by atoms with Crippen LogP contribution in [0.2, 0.25) is 0 Å². The van der Waals surface area contributed by atoms with Crippen LogP contribution in [-0.4, -0.2) is 0 Å². The van der Waals surface area contributed by atoms with Crippen molar-refractivity contribution < 1.29 is 4.74 Å². The van der Waals surface area contributed by atoms with Crippen molar-refractivity contribution in [3.63, 3.8) is 0 Å². The molecule has 0 atom stereocenters. The van der Waals surface area contributed by atoms with E-state index in [1.165, 1.54) is 0 Å². The van der Waals surface area contributed by atoms with Crippen LogP contribution >= 0.6 is 0 Å². The predicted molar refractivity (Wildman–Crippen MR) is 71.1 cm³/mol. The molecule has 88 valence electrons. The third kappa shape index (κ3) is 2.78. The normalized spacial score (nSPS) is 10.2. The molecular weight excluding hydrogens is 210 g/mol. The van der Waals surface area contributed by atoms with Gasteiger partial charge in [0.1, 0.15) is 12.4 Å². The summed E-state index contributed by atoms with van der Waals surface area (Å²) in [6.07, 6.45) is 0. The van der Waals surface area contributed by atoms with E-state index >= 15 is 0 Å². The van der Waals surface area contributed by atoms with Gasteiger partial charge in [-0.25, -0.2) is 0 Å². The fourth-order valence-corrected chi connectivity index (χ4v) is 1.74. The van der Waals surface area contributed by atoms with Crippen molar-refractivity contribution in [3.8, 4) is 5.75 Å². The molecule has 2 rings (SSSR count). The molecule has 0 amide bonds. The summed E-state index contributed by atoms with van der Waals surface area (Å²) in [7, 11) is 0. The summed E-state index contributed by atoms with van der Waals surface area (Å²) in [5.41, 5.74) is 10.0.